The molecular formula is C26H21NO9. The minimum Gasteiger partial charge on any atom is -0.508 e. The Morgan fingerprint density at radius 3 is 2.22 bits per heavy atom. The molecule has 0 saturated heterocycles. The summed E-state index contributed by atoms with van der Waals surface area (Å²) < 4.78 is 5.80. The number of aromatic hydroxyl groups is 1. The van der Waals surface area contributed by atoms with Gasteiger partial charge >= 0.3 is 5.97 Å². The van der Waals surface area contributed by atoms with Crippen molar-refractivity contribution in [3.63, 3.8) is 0 Å². The van der Waals surface area contributed by atoms with Crippen LogP contribution in [-0.2, 0) is 14.4 Å². The Morgan fingerprint density at radius 2 is 1.58 bits per heavy atom. The fourth-order valence-electron chi connectivity index (χ4n) is 3.65. The predicted molar refractivity (Wildman–Crippen MR) is 128 cm³/mol. The Labute approximate surface area is 204 Å². The summed E-state index contributed by atoms with van der Waals surface area (Å²) in [6.45, 7) is 2.13. The van der Waals surface area contributed by atoms with Crippen LogP contribution in [0.15, 0.2) is 63.8 Å². The quantitative estimate of drug-likeness (QED) is 0.250. The summed E-state index contributed by atoms with van der Waals surface area (Å²) in [5, 5.41) is 17.8. The highest BCUT2D eigenvalue weighted by Gasteiger charge is 2.23. The van der Waals surface area contributed by atoms with Crippen molar-refractivity contribution in [3.05, 3.63) is 75.9 Å². The Bertz CT molecular complexity index is 1510. The molecule has 0 atom stereocenters. The van der Waals surface area contributed by atoms with Gasteiger partial charge in [-0.15, -0.1) is 5.06 Å². The van der Waals surface area contributed by atoms with E-state index in [4.69, 9.17) is 14.4 Å². The number of carbonyl (C=O) groups excluding carboxylic acids is 4. The predicted octanol–water partition coefficient (Wildman–Crippen LogP) is 3.16. The van der Waals surface area contributed by atoms with Crippen LogP contribution in [0.3, 0.4) is 0 Å². The van der Waals surface area contributed by atoms with Gasteiger partial charge in [-0.2, -0.15) is 0 Å². The summed E-state index contributed by atoms with van der Waals surface area (Å²) in [4.78, 5) is 64.4. The summed E-state index contributed by atoms with van der Waals surface area (Å²) in [7, 11) is 1.00. The van der Waals surface area contributed by atoms with E-state index in [9.17, 15) is 29.1 Å². The lowest BCUT2D eigenvalue weighted by molar-refractivity contribution is -0.177. The highest BCUT2D eigenvalue weighted by Crippen LogP contribution is 2.41. The molecule has 10 nitrogen and oxygen atoms in total. The van der Waals surface area contributed by atoms with Crippen molar-refractivity contribution < 1.29 is 38.6 Å². The molecule has 0 aromatic heterocycles. The van der Waals surface area contributed by atoms with Gasteiger partial charge in [0.15, 0.2) is 11.7 Å². The van der Waals surface area contributed by atoms with Crippen molar-refractivity contribution in [2.75, 3.05) is 7.11 Å². The van der Waals surface area contributed by atoms with Crippen molar-refractivity contribution in [1.29, 1.82) is 0 Å². The molecule has 4 rings (SSSR count). The van der Waals surface area contributed by atoms with Gasteiger partial charge in [0.05, 0.1) is 5.56 Å². The lowest BCUT2D eigenvalue weighted by Gasteiger charge is -2.18. The molecule has 2 aromatic rings. The zero-order chi connectivity index (χ0) is 26.6. The van der Waals surface area contributed by atoms with Gasteiger partial charge in [-0.05, 0) is 42.0 Å². The second kappa shape index (κ2) is 10.6. The largest absolute Gasteiger partial charge is 0.508 e. The molecule has 2 aliphatic rings. The molecular weight excluding hydrogens is 470 g/mol. The number of aliphatic hydroxyl groups is 1. The summed E-state index contributed by atoms with van der Waals surface area (Å²) in [6, 6.07) is 12.9. The zero-order valence-corrected chi connectivity index (χ0v) is 19.5. The van der Waals surface area contributed by atoms with E-state index in [1.54, 1.807) is 12.1 Å². The van der Waals surface area contributed by atoms with E-state index in [1.165, 1.54) is 42.5 Å². The van der Waals surface area contributed by atoms with Crippen molar-refractivity contribution in [3.8, 4) is 28.2 Å². The SMILES string of the molecule is CC(=O)N(OC(=O)c1ccc(-c2c3ccc(=O)cc-3oc3cc(O)ccc23)c(C=O)c1)C(C)=O.CO. The van der Waals surface area contributed by atoms with Crippen molar-refractivity contribution >= 4 is 35.0 Å². The third-order valence-electron chi connectivity index (χ3n) is 5.11. The van der Waals surface area contributed by atoms with E-state index in [0.717, 1.165) is 21.0 Å². The van der Waals surface area contributed by atoms with Gasteiger partial charge < -0.3 is 19.5 Å². The first-order valence-electron chi connectivity index (χ1n) is 10.5. The molecule has 1 aliphatic carbocycles. The van der Waals surface area contributed by atoms with Gasteiger partial charge in [-0.25, -0.2) is 4.79 Å². The minimum atomic E-state index is -1.00. The third-order valence-corrected chi connectivity index (χ3v) is 5.11. The van der Waals surface area contributed by atoms with Gasteiger partial charge in [0.2, 0.25) is 0 Å². The van der Waals surface area contributed by atoms with Crippen LogP contribution in [0.2, 0.25) is 0 Å². The molecule has 2 amide bonds. The molecule has 10 heteroatoms. The standard InChI is InChI=1S/C25H17NO8.CH4O/c1-13(28)26(14(2)29)34-25(32)15-3-6-19(16(9-15)12-27)24-20-7-4-17(30)10-22(20)33-23-11-18(31)5-8-21(23)24;1-2/h3-12,30H,1-2H3;2H,1H3. The van der Waals surface area contributed by atoms with Gasteiger partial charge in [0, 0.05) is 55.2 Å². The second-order valence-corrected chi connectivity index (χ2v) is 7.45. The maximum absolute atomic E-state index is 12.5. The lowest BCUT2D eigenvalue weighted by Crippen LogP contribution is -2.35. The minimum absolute atomic E-state index is 0.0472. The number of hydrogen-bond acceptors (Lipinski definition) is 9. The maximum atomic E-state index is 12.5. The van der Waals surface area contributed by atoms with E-state index < -0.39 is 17.8 Å². The van der Waals surface area contributed by atoms with E-state index in [-0.39, 0.29) is 33.6 Å². The number of rotatable bonds is 3. The number of aliphatic hydroxyl groups excluding tert-OH is 1. The van der Waals surface area contributed by atoms with Crippen LogP contribution < -0.4 is 5.43 Å². The highest BCUT2D eigenvalue weighted by molar-refractivity contribution is 6.06. The first-order chi connectivity index (χ1) is 17.2. The number of benzene rings is 3. The van der Waals surface area contributed by atoms with Crippen LogP contribution in [0, 0.1) is 0 Å². The zero-order valence-electron chi connectivity index (χ0n) is 19.5. The van der Waals surface area contributed by atoms with E-state index >= 15 is 0 Å². The number of hydrogen-bond donors (Lipinski definition) is 2. The van der Waals surface area contributed by atoms with E-state index in [0.29, 0.717) is 33.4 Å². The number of aldehydes is 1. The summed E-state index contributed by atoms with van der Waals surface area (Å²) in [6.07, 6.45) is 0.546. The molecule has 184 valence electrons. The van der Waals surface area contributed by atoms with Crippen molar-refractivity contribution in [1.82, 2.24) is 5.06 Å². The van der Waals surface area contributed by atoms with Crippen molar-refractivity contribution in [2.24, 2.45) is 0 Å². The topological polar surface area (TPSA) is 151 Å². The second-order valence-electron chi connectivity index (χ2n) is 7.45. The fourth-order valence-corrected chi connectivity index (χ4v) is 3.65. The summed E-state index contributed by atoms with van der Waals surface area (Å²) >= 11 is 0. The molecule has 0 unspecified atom stereocenters. The monoisotopic (exact) mass is 491 g/mol. The van der Waals surface area contributed by atoms with Crippen LogP contribution in [0.25, 0.3) is 33.4 Å². The van der Waals surface area contributed by atoms with Crippen LogP contribution in [0.1, 0.15) is 34.6 Å². The Kier molecular flexibility index (Phi) is 7.61. The number of phenolic OH excluding ortho intramolecular Hbond substituents is 1. The van der Waals surface area contributed by atoms with Crippen LogP contribution >= 0.6 is 0 Å². The van der Waals surface area contributed by atoms with Gasteiger partial charge in [-0.3, -0.25) is 19.2 Å². The molecule has 0 fully saturated rings. The van der Waals surface area contributed by atoms with Gasteiger partial charge in [0.1, 0.15) is 17.1 Å². The number of carbonyl (C=O) groups is 4. The smallest absolute Gasteiger partial charge is 0.363 e. The average molecular weight is 491 g/mol. The number of hydroxylamine groups is 2. The molecule has 0 radical (unpaired) electrons. The van der Waals surface area contributed by atoms with Crippen LogP contribution in [0.4, 0.5) is 0 Å². The first kappa shape index (κ1) is 25.8. The number of phenols is 1. The maximum Gasteiger partial charge on any atom is 0.363 e. The molecule has 2 N–H and O–H groups in total. The number of imide groups is 1. The molecule has 1 aliphatic heterocycles. The normalized spacial score (nSPS) is 10.3. The summed E-state index contributed by atoms with van der Waals surface area (Å²) in [5.74, 6) is -2.35. The Balaban J connectivity index is 0.00000176. The number of amides is 2. The Hall–Kier alpha value is -4.83. The average Bonchev–Trinajstić information content (AvgIpc) is 2.86. The molecule has 36 heavy (non-hydrogen) atoms. The molecule has 0 spiro atoms. The number of nitrogens with zero attached hydrogens (tertiary/aromatic N) is 1. The molecule has 1 heterocycles. The molecule has 2 aromatic carbocycles. The highest BCUT2D eigenvalue weighted by atomic mass is 16.7. The lowest BCUT2D eigenvalue weighted by atomic mass is 9.90. The van der Waals surface area contributed by atoms with E-state index in [1.807, 2.05) is 0 Å². The van der Waals surface area contributed by atoms with Crippen LogP contribution in [-0.4, -0.2) is 46.5 Å². The van der Waals surface area contributed by atoms with Gasteiger partial charge in [-0.1, -0.05) is 6.07 Å². The first-order valence-corrected chi connectivity index (χ1v) is 10.5. The Morgan fingerprint density at radius 1 is 0.917 bits per heavy atom. The van der Waals surface area contributed by atoms with Crippen LogP contribution in [0.5, 0.6) is 5.75 Å². The summed E-state index contributed by atoms with van der Waals surface area (Å²) in [5.41, 5.74) is 1.56. The van der Waals surface area contributed by atoms with E-state index in [2.05, 4.69) is 0 Å². The fraction of sp³-hybridized carbons (Fsp3) is 0.115. The molecule has 0 bridgehead atoms. The third kappa shape index (κ3) is 4.98. The molecule has 0 saturated carbocycles. The van der Waals surface area contributed by atoms with Gasteiger partial charge in [0.25, 0.3) is 11.8 Å². The van der Waals surface area contributed by atoms with Crippen molar-refractivity contribution in [2.45, 2.75) is 13.8 Å². The number of fused-ring (bicyclic) bond motifs is 2.